The summed E-state index contributed by atoms with van der Waals surface area (Å²) in [5.41, 5.74) is 3.97. The van der Waals surface area contributed by atoms with E-state index in [4.69, 9.17) is 11.6 Å². The van der Waals surface area contributed by atoms with E-state index in [2.05, 4.69) is 60.4 Å². The van der Waals surface area contributed by atoms with Crippen molar-refractivity contribution >= 4 is 23.6 Å². The molecule has 0 bridgehead atoms. The molecule has 1 aromatic carbocycles. The van der Waals surface area contributed by atoms with Crippen molar-refractivity contribution in [1.82, 2.24) is 20.0 Å². The van der Waals surface area contributed by atoms with Crippen molar-refractivity contribution in [2.75, 3.05) is 13.1 Å². The van der Waals surface area contributed by atoms with Gasteiger partial charge >= 0.3 is 0 Å². The van der Waals surface area contributed by atoms with Crippen molar-refractivity contribution in [2.24, 2.45) is 0 Å². The van der Waals surface area contributed by atoms with Gasteiger partial charge in [0, 0.05) is 36.8 Å². The molecule has 0 unspecified atom stereocenters. The van der Waals surface area contributed by atoms with Gasteiger partial charge in [-0.2, -0.15) is 5.10 Å². The first kappa shape index (κ1) is 21.6. The molecule has 1 aromatic heterocycles. The Kier molecular flexibility index (Phi) is 7.14. The van der Waals surface area contributed by atoms with Crippen molar-refractivity contribution in [3.05, 3.63) is 57.9 Å². The summed E-state index contributed by atoms with van der Waals surface area (Å²) in [5.74, 6) is -0.0743. The van der Waals surface area contributed by atoms with Crippen LogP contribution in [0.1, 0.15) is 49.1 Å². The molecule has 0 aliphatic carbocycles. The number of rotatable bonds is 6. The Morgan fingerprint density at radius 1 is 1.24 bits per heavy atom. The van der Waals surface area contributed by atoms with Crippen LogP contribution in [0.4, 0.5) is 0 Å². The maximum absolute atomic E-state index is 12.4. The van der Waals surface area contributed by atoms with Gasteiger partial charge in [0.05, 0.1) is 12.2 Å². The Balaban J connectivity index is 1.59. The zero-order chi connectivity index (χ0) is 21.0. The monoisotopic (exact) mass is 414 g/mol. The molecular formula is C23H31ClN4O. The Bertz CT molecular complexity index is 862. The summed E-state index contributed by atoms with van der Waals surface area (Å²) in [6, 6.07) is 9.12. The summed E-state index contributed by atoms with van der Waals surface area (Å²) in [4.78, 5) is 14.8. The third kappa shape index (κ3) is 5.71. The largest absolute Gasteiger partial charge is 0.350 e. The number of carbonyl (C=O) groups is 1. The first-order valence-corrected chi connectivity index (χ1v) is 10.7. The number of nitrogens with one attached hydrogen (secondary N) is 1. The Morgan fingerprint density at radius 3 is 2.52 bits per heavy atom. The van der Waals surface area contributed by atoms with E-state index < -0.39 is 0 Å². The zero-order valence-electron chi connectivity index (χ0n) is 17.8. The molecule has 2 heterocycles. The summed E-state index contributed by atoms with van der Waals surface area (Å²) >= 11 is 6.54. The van der Waals surface area contributed by atoms with E-state index in [9.17, 15) is 4.79 Å². The number of amides is 1. The topological polar surface area (TPSA) is 50.2 Å². The van der Waals surface area contributed by atoms with Crippen molar-refractivity contribution in [3.63, 3.8) is 0 Å². The van der Waals surface area contributed by atoms with Crippen LogP contribution in [0.15, 0.2) is 30.3 Å². The van der Waals surface area contributed by atoms with Gasteiger partial charge in [-0.25, -0.2) is 4.68 Å². The van der Waals surface area contributed by atoms with E-state index in [1.54, 1.807) is 16.8 Å². The van der Waals surface area contributed by atoms with E-state index >= 15 is 0 Å². The van der Waals surface area contributed by atoms with Crippen molar-refractivity contribution in [3.8, 4) is 0 Å². The van der Waals surface area contributed by atoms with Gasteiger partial charge in [-0.05, 0) is 52.2 Å². The lowest BCUT2D eigenvalue weighted by Crippen LogP contribution is -2.46. The summed E-state index contributed by atoms with van der Waals surface area (Å²) in [6.07, 6.45) is 5.33. The highest BCUT2D eigenvalue weighted by molar-refractivity contribution is 6.31. The molecule has 1 amide bonds. The lowest BCUT2D eigenvalue weighted by molar-refractivity contribution is -0.117. The van der Waals surface area contributed by atoms with E-state index in [1.165, 1.54) is 5.56 Å². The smallest absolute Gasteiger partial charge is 0.244 e. The lowest BCUT2D eigenvalue weighted by atomic mass is 10.0. The van der Waals surface area contributed by atoms with Gasteiger partial charge in [0.2, 0.25) is 5.91 Å². The van der Waals surface area contributed by atoms with Gasteiger partial charge < -0.3 is 10.2 Å². The first-order valence-electron chi connectivity index (χ1n) is 10.3. The number of piperidine rings is 1. The second kappa shape index (κ2) is 9.59. The molecular weight excluding hydrogens is 384 g/mol. The van der Waals surface area contributed by atoms with Gasteiger partial charge in [-0.1, -0.05) is 41.4 Å². The number of aromatic nitrogens is 2. The average Bonchev–Trinajstić information content (AvgIpc) is 2.95. The minimum atomic E-state index is -0.0743. The highest BCUT2D eigenvalue weighted by Crippen LogP contribution is 2.22. The molecule has 5 nitrogen and oxygen atoms in total. The van der Waals surface area contributed by atoms with Crippen LogP contribution >= 0.6 is 11.6 Å². The van der Waals surface area contributed by atoms with Crippen molar-refractivity contribution in [1.29, 1.82) is 0 Å². The van der Waals surface area contributed by atoms with Crippen molar-refractivity contribution < 1.29 is 4.79 Å². The first-order chi connectivity index (χ1) is 13.8. The minimum Gasteiger partial charge on any atom is -0.350 e. The highest BCUT2D eigenvalue weighted by Gasteiger charge is 2.21. The molecule has 1 aliphatic heterocycles. The third-order valence-electron chi connectivity index (χ3n) is 5.57. The molecule has 0 radical (unpaired) electrons. The standard InChI is InChI=1S/C23H31ClN4O/c1-16(2)27-13-11-20(12-14-27)25-22(29)10-9-21-18(4)26-28(23(21)24)15-19-7-5-17(3)6-8-19/h5-10,16,20H,11-15H2,1-4H3,(H,25,29). The molecule has 0 spiro atoms. The van der Waals surface area contributed by atoms with E-state index in [0.29, 0.717) is 17.7 Å². The van der Waals surface area contributed by atoms with Crippen LogP contribution in [-0.2, 0) is 11.3 Å². The van der Waals surface area contributed by atoms with Gasteiger partial charge in [0.25, 0.3) is 0 Å². The number of benzene rings is 1. The Labute approximate surface area is 178 Å². The molecule has 1 fully saturated rings. The van der Waals surface area contributed by atoms with Crippen LogP contribution in [0.2, 0.25) is 5.15 Å². The van der Waals surface area contributed by atoms with Gasteiger partial charge in [0.15, 0.2) is 0 Å². The molecule has 1 saturated heterocycles. The Hall–Kier alpha value is -2.11. The fourth-order valence-electron chi connectivity index (χ4n) is 3.70. The number of nitrogens with zero attached hydrogens (tertiary/aromatic N) is 3. The van der Waals surface area contributed by atoms with Crippen molar-refractivity contribution in [2.45, 2.75) is 59.2 Å². The number of aryl methyl sites for hydroxylation is 2. The van der Waals surface area contributed by atoms with Gasteiger partial charge in [-0.3, -0.25) is 4.79 Å². The molecule has 1 N–H and O–H groups in total. The summed E-state index contributed by atoms with van der Waals surface area (Å²) < 4.78 is 1.78. The molecule has 0 atom stereocenters. The highest BCUT2D eigenvalue weighted by atomic mass is 35.5. The van der Waals surface area contributed by atoms with Crippen LogP contribution in [0.5, 0.6) is 0 Å². The zero-order valence-corrected chi connectivity index (χ0v) is 18.5. The summed E-state index contributed by atoms with van der Waals surface area (Å²) in [7, 11) is 0. The quantitative estimate of drug-likeness (QED) is 0.720. The molecule has 2 aromatic rings. The van der Waals surface area contributed by atoms with E-state index in [-0.39, 0.29) is 11.9 Å². The fourth-order valence-corrected chi connectivity index (χ4v) is 3.99. The number of hydrogen-bond acceptors (Lipinski definition) is 3. The predicted molar refractivity (Wildman–Crippen MR) is 119 cm³/mol. The maximum Gasteiger partial charge on any atom is 0.244 e. The van der Waals surface area contributed by atoms with Gasteiger partial charge in [0.1, 0.15) is 5.15 Å². The van der Waals surface area contributed by atoms with E-state index in [0.717, 1.165) is 42.8 Å². The maximum atomic E-state index is 12.4. The van der Waals surface area contributed by atoms with Crippen LogP contribution in [0.3, 0.4) is 0 Å². The normalized spacial score (nSPS) is 16.1. The van der Waals surface area contributed by atoms with Gasteiger partial charge in [-0.15, -0.1) is 0 Å². The second-order valence-electron chi connectivity index (χ2n) is 8.18. The number of halogens is 1. The molecule has 3 rings (SSSR count). The summed E-state index contributed by atoms with van der Waals surface area (Å²) in [6.45, 7) is 11.1. The predicted octanol–water partition coefficient (Wildman–Crippen LogP) is 4.20. The van der Waals surface area contributed by atoms with Crippen LogP contribution in [-0.4, -0.2) is 45.8 Å². The van der Waals surface area contributed by atoms with Crippen LogP contribution in [0, 0.1) is 13.8 Å². The molecule has 1 aliphatic rings. The molecule has 156 valence electrons. The van der Waals surface area contributed by atoms with Crippen LogP contribution in [0.25, 0.3) is 6.08 Å². The SMILES string of the molecule is Cc1ccc(Cn2nc(C)c(C=CC(=O)NC3CCN(C(C)C)CC3)c2Cl)cc1. The van der Waals surface area contributed by atoms with Crippen LogP contribution < -0.4 is 5.32 Å². The summed E-state index contributed by atoms with van der Waals surface area (Å²) in [5, 5.41) is 8.21. The number of carbonyl (C=O) groups excluding carboxylic acids is 1. The Morgan fingerprint density at radius 2 is 1.90 bits per heavy atom. The minimum absolute atomic E-state index is 0.0743. The third-order valence-corrected chi connectivity index (χ3v) is 5.97. The average molecular weight is 415 g/mol. The number of hydrogen-bond donors (Lipinski definition) is 1. The second-order valence-corrected chi connectivity index (χ2v) is 8.54. The van der Waals surface area contributed by atoms with E-state index in [1.807, 2.05) is 6.92 Å². The fraction of sp³-hybridized carbons (Fsp3) is 0.478. The molecule has 0 saturated carbocycles. The molecule has 29 heavy (non-hydrogen) atoms. The molecule has 6 heteroatoms. The lowest BCUT2D eigenvalue weighted by Gasteiger charge is -2.34. The number of likely N-dealkylation sites (tertiary alicyclic amines) is 1.